The number of aromatic nitrogens is 4. The van der Waals surface area contributed by atoms with Crippen LogP contribution < -0.4 is 14.8 Å². The maximum Gasteiger partial charge on any atom is 0.247 e. The molecule has 1 N–H and O–H groups in total. The molecule has 0 unspecified atom stereocenters. The summed E-state index contributed by atoms with van der Waals surface area (Å²) >= 11 is 0. The van der Waals surface area contributed by atoms with Gasteiger partial charge in [-0.15, -0.1) is 0 Å². The second-order valence-electron chi connectivity index (χ2n) is 6.77. The molecule has 2 aromatic heterocycles. The average molecular weight is 415 g/mol. The zero-order valence-corrected chi connectivity index (χ0v) is 17.2. The van der Waals surface area contributed by atoms with Crippen LogP contribution in [-0.4, -0.2) is 39.6 Å². The van der Waals surface area contributed by atoms with E-state index in [1.165, 1.54) is 6.92 Å². The van der Waals surface area contributed by atoms with Crippen LogP contribution in [-0.2, 0) is 11.2 Å². The third-order valence-corrected chi connectivity index (χ3v) is 4.52. The molecule has 2 heterocycles. The first-order valence-electron chi connectivity index (χ1n) is 9.76. The minimum Gasteiger partial charge on any atom is -0.497 e. The number of carbonyl (C=O) groups excluding carboxylic acids is 1. The fourth-order valence-corrected chi connectivity index (χ4v) is 3.01. The summed E-state index contributed by atoms with van der Waals surface area (Å²) in [5.41, 5.74) is 3.43. The summed E-state index contributed by atoms with van der Waals surface area (Å²) in [6.07, 6.45) is 2.33. The van der Waals surface area contributed by atoms with Crippen molar-refractivity contribution in [2.75, 3.05) is 19.0 Å². The number of anilines is 1. The summed E-state index contributed by atoms with van der Waals surface area (Å²) in [5, 5.41) is 2.58. The average Bonchev–Trinajstić information content (AvgIpc) is 2.79. The molecule has 8 nitrogen and oxygen atoms in total. The molecule has 31 heavy (non-hydrogen) atoms. The van der Waals surface area contributed by atoms with Gasteiger partial charge in [0.1, 0.15) is 5.75 Å². The Hall–Kier alpha value is -4.07. The molecule has 0 aliphatic carbocycles. The molecule has 156 valence electrons. The highest BCUT2D eigenvalue weighted by atomic mass is 16.5. The smallest absolute Gasteiger partial charge is 0.247 e. The van der Waals surface area contributed by atoms with Crippen LogP contribution in [0.5, 0.6) is 11.6 Å². The quantitative estimate of drug-likeness (QED) is 0.492. The summed E-state index contributed by atoms with van der Waals surface area (Å²) in [6, 6.07) is 17.5. The fraction of sp³-hybridized carbons (Fsp3) is 0.174. The third kappa shape index (κ3) is 4.92. The van der Waals surface area contributed by atoms with Crippen molar-refractivity contribution in [2.24, 2.45) is 0 Å². The number of hydrogen-bond donors (Lipinski definition) is 1. The van der Waals surface area contributed by atoms with E-state index >= 15 is 0 Å². The van der Waals surface area contributed by atoms with Gasteiger partial charge in [-0.05, 0) is 29.8 Å². The Morgan fingerprint density at radius 2 is 1.77 bits per heavy atom. The van der Waals surface area contributed by atoms with E-state index in [9.17, 15) is 4.79 Å². The number of nitrogens with one attached hydrogen (secondary N) is 1. The van der Waals surface area contributed by atoms with Gasteiger partial charge in [-0.2, -0.15) is 9.97 Å². The lowest BCUT2D eigenvalue weighted by molar-refractivity contribution is -0.114. The van der Waals surface area contributed by atoms with Crippen LogP contribution >= 0.6 is 0 Å². The first-order valence-corrected chi connectivity index (χ1v) is 9.76. The van der Waals surface area contributed by atoms with Crippen molar-refractivity contribution in [3.63, 3.8) is 0 Å². The Balaban J connectivity index is 1.67. The Labute approximate surface area is 179 Å². The fourth-order valence-electron chi connectivity index (χ4n) is 3.01. The normalized spacial score (nSPS) is 10.6. The van der Waals surface area contributed by atoms with Gasteiger partial charge >= 0.3 is 0 Å². The number of hydrogen-bond acceptors (Lipinski definition) is 7. The summed E-state index contributed by atoms with van der Waals surface area (Å²) < 4.78 is 11.2. The van der Waals surface area contributed by atoms with Crippen LogP contribution in [0, 0.1) is 0 Å². The molecule has 0 fully saturated rings. The summed E-state index contributed by atoms with van der Waals surface area (Å²) in [4.78, 5) is 29.2. The van der Waals surface area contributed by atoms with Crippen LogP contribution in [0.1, 0.15) is 12.5 Å². The Bertz CT molecular complexity index is 1200. The number of benzene rings is 2. The lowest BCUT2D eigenvalue weighted by atomic mass is 10.1. The highest BCUT2D eigenvalue weighted by molar-refractivity contribution is 5.88. The van der Waals surface area contributed by atoms with Gasteiger partial charge in [0.15, 0.2) is 11.2 Å². The number of rotatable bonds is 7. The molecule has 0 aliphatic heterocycles. The number of methoxy groups -OCH3 is 1. The molecule has 0 saturated carbocycles. The van der Waals surface area contributed by atoms with Crippen molar-refractivity contribution in [1.29, 1.82) is 0 Å². The molecule has 2 aromatic carbocycles. The molecule has 0 radical (unpaired) electrons. The predicted molar refractivity (Wildman–Crippen MR) is 117 cm³/mol. The van der Waals surface area contributed by atoms with E-state index in [4.69, 9.17) is 9.47 Å². The van der Waals surface area contributed by atoms with Crippen LogP contribution in [0.4, 0.5) is 5.95 Å². The molecule has 1 amide bonds. The first kappa shape index (κ1) is 20.2. The van der Waals surface area contributed by atoms with Gasteiger partial charge in [0.2, 0.25) is 17.7 Å². The molecule has 8 heteroatoms. The van der Waals surface area contributed by atoms with Gasteiger partial charge < -0.3 is 9.47 Å². The zero-order valence-electron chi connectivity index (χ0n) is 17.2. The minimum atomic E-state index is -0.280. The van der Waals surface area contributed by atoms with Crippen LogP contribution in [0.2, 0.25) is 0 Å². The number of amides is 1. The van der Waals surface area contributed by atoms with Gasteiger partial charge in [-0.25, -0.2) is 9.97 Å². The maximum absolute atomic E-state index is 11.5. The van der Waals surface area contributed by atoms with E-state index in [1.807, 2.05) is 54.6 Å². The molecule has 0 spiro atoms. The topological polar surface area (TPSA) is 99.1 Å². The summed E-state index contributed by atoms with van der Waals surface area (Å²) in [7, 11) is 1.62. The van der Waals surface area contributed by atoms with Crippen LogP contribution in [0.3, 0.4) is 0 Å². The van der Waals surface area contributed by atoms with Crippen molar-refractivity contribution in [2.45, 2.75) is 13.3 Å². The molecular formula is C23H21N5O3. The lowest BCUT2D eigenvalue weighted by Gasteiger charge is -2.11. The molecule has 4 aromatic rings. The van der Waals surface area contributed by atoms with Crippen molar-refractivity contribution in [3.8, 4) is 22.9 Å². The summed E-state index contributed by atoms with van der Waals surface area (Å²) in [5.74, 6) is 0.872. The van der Waals surface area contributed by atoms with E-state index < -0.39 is 0 Å². The highest BCUT2D eigenvalue weighted by Crippen LogP contribution is 2.26. The molecule has 4 rings (SSSR count). The molecule has 0 bridgehead atoms. The standard InChI is InChI=1S/C23H21N5O3/c1-15(29)25-23-27-21-20(22(28-23)31-13-12-16-6-4-3-5-7-16)26-19(14-24-21)17-8-10-18(30-2)11-9-17/h3-11,14H,12-13H2,1-2H3,(H,24,25,27,28,29). The van der Waals surface area contributed by atoms with Gasteiger partial charge in [-0.1, -0.05) is 30.3 Å². The van der Waals surface area contributed by atoms with E-state index in [2.05, 4.69) is 25.3 Å². The van der Waals surface area contributed by atoms with Crippen LogP contribution in [0.25, 0.3) is 22.4 Å². The number of fused-ring (bicyclic) bond motifs is 1. The maximum atomic E-state index is 11.5. The minimum absolute atomic E-state index is 0.126. The van der Waals surface area contributed by atoms with E-state index in [0.29, 0.717) is 29.9 Å². The zero-order chi connectivity index (χ0) is 21.6. The van der Waals surface area contributed by atoms with Crippen LogP contribution in [0.15, 0.2) is 60.8 Å². The van der Waals surface area contributed by atoms with Gasteiger partial charge in [-0.3, -0.25) is 10.1 Å². The van der Waals surface area contributed by atoms with E-state index in [0.717, 1.165) is 16.9 Å². The monoisotopic (exact) mass is 415 g/mol. The third-order valence-electron chi connectivity index (χ3n) is 4.52. The number of nitrogens with zero attached hydrogens (tertiary/aromatic N) is 4. The highest BCUT2D eigenvalue weighted by Gasteiger charge is 2.14. The summed E-state index contributed by atoms with van der Waals surface area (Å²) in [6.45, 7) is 1.78. The number of ether oxygens (including phenoxy) is 2. The number of carbonyl (C=O) groups is 1. The van der Waals surface area contributed by atoms with E-state index in [1.54, 1.807) is 13.3 Å². The molecular weight excluding hydrogens is 394 g/mol. The van der Waals surface area contributed by atoms with Crippen molar-refractivity contribution >= 4 is 23.0 Å². The Morgan fingerprint density at radius 3 is 2.48 bits per heavy atom. The van der Waals surface area contributed by atoms with Gasteiger partial charge in [0.05, 0.1) is 25.6 Å². The first-order chi connectivity index (χ1) is 15.1. The lowest BCUT2D eigenvalue weighted by Crippen LogP contribution is -2.12. The van der Waals surface area contributed by atoms with Crippen molar-refractivity contribution in [1.82, 2.24) is 19.9 Å². The Kier molecular flexibility index (Phi) is 5.98. The van der Waals surface area contributed by atoms with E-state index in [-0.39, 0.29) is 17.7 Å². The largest absolute Gasteiger partial charge is 0.497 e. The molecule has 0 atom stereocenters. The Morgan fingerprint density at radius 1 is 1.00 bits per heavy atom. The van der Waals surface area contributed by atoms with Crippen molar-refractivity contribution in [3.05, 3.63) is 66.4 Å². The predicted octanol–water partition coefficient (Wildman–Crippen LogP) is 3.68. The van der Waals surface area contributed by atoms with Gasteiger partial charge in [0, 0.05) is 18.9 Å². The van der Waals surface area contributed by atoms with Crippen molar-refractivity contribution < 1.29 is 14.3 Å². The SMILES string of the molecule is COc1ccc(-c2cnc3nc(NC(C)=O)nc(OCCc4ccccc4)c3n2)cc1. The molecule has 0 aliphatic rings. The van der Waals surface area contributed by atoms with Gasteiger partial charge in [0.25, 0.3) is 0 Å². The second-order valence-corrected chi connectivity index (χ2v) is 6.77. The molecule has 0 saturated heterocycles. The second kappa shape index (κ2) is 9.17.